The molecule has 0 radical (unpaired) electrons. The number of unbranched alkanes of at least 4 members (excludes halogenated alkanes) is 35. The Morgan fingerprint density at radius 3 is 1.13 bits per heavy atom. The first-order chi connectivity index (χ1) is 41.8. The number of ether oxygens (including phenoxy) is 2. The van der Waals surface area contributed by atoms with Crippen molar-refractivity contribution < 1.29 is 39.8 Å². The van der Waals surface area contributed by atoms with Gasteiger partial charge in [0.2, 0.25) is 5.91 Å². The fraction of sp³-hybridized carbons (Fsp3) is 0.750. The van der Waals surface area contributed by atoms with Gasteiger partial charge in [-0.3, -0.25) is 4.79 Å². The quantitative estimate of drug-likeness (QED) is 0.0261. The van der Waals surface area contributed by atoms with E-state index in [2.05, 4.69) is 116 Å². The summed E-state index contributed by atoms with van der Waals surface area (Å²) in [4.78, 5) is 13.1. The lowest BCUT2D eigenvalue weighted by Gasteiger charge is -2.40. The van der Waals surface area contributed by atoms with Gasteiger partial charge in [0.15, 0.2) is 6.29 Å². The molecule has 9 heteroatoms. The van der Waals surface area contributed by atoms with Gasteiger partial charge in [-0.15, -0.1) is 0 Å². The number of aliphatic hydroxyl groups is 5. The molecule has 1 rings (SSSR count). The van der Waals surface area contributed by atoms with Crippen LogP contribution in [0.2, 0.25) is 0 Å². The molecule has 1 heterocycles. The molecule has 7 atom stereocenters. The highest BCUT2D eigenvalue weighted by molar-refractivity contribution is 5.76. The molecular formula is C76H133NO8. The molecule has 0 spiro atoms. The highest BCUT2D eigenvalue weighted by Gasteiger charge is 2.44. The van der Waals surface area contributed by atoms with E-state index >= 15 is 0 Å². The van der Waals surface area contributed by atoms with Gasteiger partial charge in [0, 0.05) is 6.42 Å². The summed E-state index contributed by atoms with van der Waals surface area (Å²) in [5, 5.41) is 54.8. The summed E-state index contributed by atoms with van der Waals surface area (Å²) < 4.78 is 11.3. The Hall–Kier alpha value is -3.15. The molecule has 7 unspecified atom stereocenters. The van der Waals surface area contributed by atoms with Gasteiger partial charge in [-0.2, -0.15) is 0 Å². The summed E-state index contributed by atoms with van der Waals surface area (Å²) in [5.41, 5.74) is 0. The first-order valence-corrected chi connectivity index (χ1v) is 35.6. The maximum Gasteiger partial charge on any atom is 0.220 e. The predicted octanol–water partition coefficient (Wildman–Crippen LogP) is 19.6. The Bertz CT molecular complexity index is 1710. The van der Waals surface area contributed by atoms with Crippen LogP contribution in [0.1, 0.15) is 309 Å². The highest BCUT2D eigenvalue weighted by atomic mass is 16.7. The minimum atomic E-state index is -1.58. The first-order valence-electron chi connectivity index (χ1n) is 35.6. The molecule has 1 saturated heterocycles. The molecule has 0 aromatic carbocycles. The summed E-state index contributed by atoms with van der Waals surface area (Å²) in [6.45, 7) is 3.68. The van der Waals surface area contributed by atoms with E-state index in [1.165, 1.54) is 193 Å². The standard InChI is InChI=1S/C76H133NO8/c1-3-5-7-9-11-13-15-17-19-21-23-25-27-29-31-33-34-35-36-38-40-42-44-46-48-50-52-54-56-58-60-62-64-66-72(80)77-69(68-84-76-75(83)74(82)73(81)71(67-78)85-76)70(79)65-63-61-59-57-55-53-51-49-47-45-43-41-39-37-32-30-28-26-24-22-20-18-16-14-12-10-8-6-4-2/h5,7,11,13,17,19,23,25,29,31,34-35,38,40,55,57,63,65,69-71,73-76,78-79,81-83H,3-4,6,8-10,12,14-16,18,20-22,24,26-28,30,32-33,36-37,39,41-54,56,58-62,64,66-68H2,1-2H3,(H,77,80)/b7-5-,13-11-,19-17-,25-23-,31-29-,35-34-,40-38-,57-55+,65-63+. The van der Waals surface area contributed by atoms with Crippen LogP contribution in [-0.4, -0.2) is 87.5 Å². The van der Waals surface area contributed by atoms with Crippen LogP contribution in [0.15, 0.2) is 109 Å². The number of carbonyl (C=O) groups excluding carboxylic acids is 1. The zero-order valence-electron chi connectivity index (χ0n) is 54.8. The minimum Gasteiger partial charge on any atom is -0.394 e. The fourth-order valence-electron chi connectivity index (χ4n) is 10.8. The van der Waals surface area contributed by atoms with Gasteiger partial charge in [0.25, 0.3) is 0 Å². The van der Waals surface area contributed by atoms with Crippen LogP contribution >= 0.6 is 0 Å². The molecule has 0 saturated carbocycles. The Balaban J connectivity index is 2.17. The molecule has 0 aliphatic carbocycles. The van der Waals surface area contributed by atoms with Crippen LogP contribution in [0, 0.1) is 0 Å². The fourth-order valence-corrected chi connectivity index (χ4v) is 10.8. The number of rotatable bonds is 61. The zero-order chi connectivity index (χ0) is 61.4. The van der Waals surface area contributed by atoms with E-state index in [0.29, 0.717) is 6.42 Å². The second kappa shape index (κ2) is 63.9. The highest BCUT2D eigenvalue weighted by Crippen LogP contribution is 2.23. The van der Waals surface area contributed by atoms with Gasteiger partial charge in [0.1, 0.15) is 24.4 Å². The van der Waals surface area contributed by atoms with Crippen molar-refractivity contribution >= 4 is 5.91 Å². The second-order valence-corrected chi connectivity index (χ2v) is 24.3. The van der Waals surface area contributed by atoms with Crippen molar-refractivity contribution in [3.63, 3.8) is 0 Å². The number of aliphatic hydroxyl groups excluding tert-OH is 5. The van der Waals surface area contributed by atoms with E-state index < -0.39 is 49.5 Å². The molecule has 85 heavy (non-hydrogen) atoms. The molecule has 9 nitrogen and oxygen atoms in total. The van der Waals surface area contributed by atoms with Crippen molar-refractivity contribution in [1.82, 2.24) is 5.32 Å². The SMILES string of the molecule is CC/C=C\C/C=C\C/C=C\C/C=C\C/C=C\C/C=C\C/C=C\CCCCCCCCCCCCCC(=O)NC(COC1OC(CO)C(O)C(O)C1O)C(O)/C=C/CC/C=C/CCCCCCCCCCCCCCCCCCCCCCCCC. The van der Waals surface area contributed by atoms with E-state index in [-0.39, 0.29) is 12.5 Å². The van der Waals surface area contributed by atoms with Crippen molar-refractivity contribution in [2.45, 2.75) is 352 Å². The largest absolute Gasteiger partial charge is 0.394 e. The van der Waals surface area contributed by atoms with Gasteiger partial charge in [-0.1, -0.05) is 322 Å². The molecule has 490 valence electrons. The Labute approximate surface area is 523 Å². The monoisotopic (exact) mass is 1190 g/mol. The van der Waals surface area contributed by atoms with E-state index in [0.717, 1.165) is 96.3 Å². The lowest BCUT2D eigenvalue weighted by molar-refractivity contribution is -0.302. The third kappa shape index (κ3) is 52.5. The smallest absolute Gasteiger partial charge is 0.220 e. The number of nitrogens with one attached hydrogen (secondary N) is 1. The van der Waals surface area contributed by atoms with E-state index in [4.69, 9.17) is 9.47 Å². The van der Waals surface area contributed by atoms with Crippen molar-refractivity contribution in [1.29, 1.82) is 0 Å². The Morgan fingerprint density at radius 1 is 0.412 bits per heavy atom. The maximum atomic E-state index is 13.1. The van der Waals surface area contributed by atoms with E-state index in [9.17, 15) is 30.3 Å². The van der Waals surface area contributed by atoms with Crippen LogP contribution < -0.4 is 5.32 Å². The number of allylic oxidation sites excluding steroid dienone is 17. The first kappa shape index (κ1) is 79.9. The van der Waals surface area contributed by atoms with Crippen molar-refractivity contribution in [2.24, 2.45) is 0 Å². The molecule has 1 aliphatic rings. The molecule has 0 bridgehead atoms. The second-order valence-electron chi connectivity index (χ2n) is 24.3. The van der Waals surface area contributed by atoms with Crippen LogP contribution in [0.25, 0.3) is 0 Å². The lowest BCUT2D eigenvalue weighted by atomic mass is 9.99. The average Bonchev–Trinajstić information content (AvgIpc) is 3.68. The summed E-state index contributed by atoms with van der Waals surface area (Å²) in [5.74, 6) is -0.191. The number of hydrogen-bond acceptors (Lipinski definition) is 8. The lowest BCUT2D eigenvalue weighted by Crippen LogP contribution is -2.60. The van der Waals surface area contributed by atoms with E-state index in [1.54, 1.807) is 6.08 Å². The van der Waals surface area contributed by atoms with E-state index in [1.807, 2.05) is 6.08 Å². The van der Waals surface area contributed by atoms with Gasteiger partial charge in [-0.05, 0) is 89.9 Å². The molecular weight excluding hydrogens is 1050 g/mol. The van der Waals surface area contributed by atoms with Gasteiger partial charge in [-0.25, -0.2) is 0 Å². The normalized spacial score (nSPS) is 18.8. The van der Waals surface area contributed by atoms with Crippen LogP contribution in [-0.2, 0) is 14.3 Å². The van der Waals surface area contributed by atoms with Gasteiger partial charge in [0.05, 0.1) is 25.4 Å². The number of hydrogen-bond donors (Lipinski definition) is 6. The maximum absolute atomic E-state index is 13.1. The third-order valence-electron chi connectivity index (χ3n) is 16.3. The minimum absolute atomic E-state index is 0.191. The van der Waals surface area contributed by atoms with Crippen LogP contribution in [0.4, 0.5) is 0 Å². The molecule has 0 aromatic rings. The summed E-state index contributed by atoms with van der Waals surface area (Å²) in [7, 11) is 0. The molecule has 1 fully saturated rings. The number of amides is 1. The Morgan fingerprint density at radius 2 is 0.741 bits per heavy atom. The van der Waals surface area contributed by atoms with Crippen molar-refractivity contribution in [3.8, 4) is 0 Å². The molecule has 1 amide bonds. The third-order valence-corrected chi connectivity index (χ3v) is 16.3. The van der Waals surface area contributed by atoms with Crippen molar-refractivity contribution in [2.75, 3.05) is 13.2 Å². The predicted molar refractivity (Wildman–Crippen MR) is 364 cm³/mol. The van der Waals surface area contributed by atoms with Gasteiger partial charge >= 0.3 is 0 Å². The zero-order valence-corrected chi connectivity index (χ0v) is 54.8. The molecule has 0 aromatic heterocycles. The summed E-state index contributed by atoms with van der Waals surface area (Å²) >= 11 is 0. The summed E-state index contributed by atoms with van der Waals surface area (Å²) in [6, 6.07) is -0.832. The van der Waals surface area contributed by atoms with Gasteiger partial charge < -0.3 is 40.3 Å². The average molecular weight is 1190 g/mol. The molecule has 6 N–H and O–H groups in total. The van der Waals surface area contributed by atoms with Crippen LogP contribution in [0.5, 0.6) is 0 Å². The molecule has 1 aliphatic heterocycles. The van der Waals surface area contributed by atoms with Crippen molar-refractivity contribution in [3.05, 3.63) is 109 Å². The van der Waals surface area contributed by atoms with Crippen LogP contribution in [0.3, 0.4) is 0 Å². The Kier molecular flexibility index (Phi) is 60.0. The number of carbonyl (C=O) groups is 1. The topological polar surface area (TPSA) is 149 Å². The summed E-state index contributed by atoms with van der Waals surface area (Å²) in [6.07, 6.45) is 87.6.